The number of piperazine rings is 1. The molecule has 1 saturated heterocycles. The van der Waals surface area contributed by atoms with Gasteiger partial charge in [0.1, 0.15) is 5.75 Å². The predicted octanol–water partition coefficient (Wildman–Crippen LogP) is 0.258. The first-order chi connectivity index (χ1) is 10.5. The van der Waals surface area contributed by atoms with Gasteiger partial charge in [0.05, 0.1) is 26.2 Å². The normalized spacial score (nSPS) is 17.5. The van der Waals surface area contributed by atoms with Crippen molar-refractivity contribution in [2.45, 2.75) is 26.8 Å². The van der Waals surface area contributed by atoms with Gasteiger partial charge in [-0.05, 0) is 37.1 Å². The second kappa shape index (κ2) is 7.49. The smallest absolute Gasteiger partial charge is 0.275 e. The molecule has 0 unspecified atom stereocenters. The van der Waals surface area contributed by atoms with Crippen molar-refractivity contribution in [3.8, 4) is 5.75 Å². The number of phenols is 1. The van der Waals surface area contributed by atoms with Gasteiger partial charge in [-0.2, -0.15) is 0 Å². The largest absolute Gasteiger partial charge is 0.508 e. The third-order valence-electron chi connectivity index (χ3n) is 4.48. The molecule has 5 nitrogen and oxygen atoms in total. The second-order valence-corrected chi connectivity index (χ2v) is 6.53. The van der Waals surface area contributed by atoms with Gasteiger partial charge >= 0.3 is 0 Å². The van der Waals surface area contributed by atoms with E-state index in [1.807, 2.05) is 12.1 Å². The van der Waals surface area contributed by atoms with Crippen LogP contribution in [0.4, 0.5) is 5.69 Å². The van der Waals surface area contributed by atoms with Crippen molar-refractivity contribution in [2.75, 3.05) is 37.6 Å². The Bertz CT molecular complexity index is 479. The zero-order chi connectivity index (χ0) is 16.1. The summed E-state index contributed by atoms with van der Waals surface area (Å²) < 4.78 is 0. The molecule has 1 fully saturated rings. The fourth-order valence-electron chi connectivity index (χ4n) is 2.62. The number of anilines is 1. The lowest BCUT2D eigenvalue weighted by Gasteiger charge is -2.33. The Labute approximate surface area is 132 Å². The number of benzene rings is 1. The highest BCUT2D eigenvalue weighted by molar-refractivity contribution is 5.77. The van der Waals surface area contributed by atoms with E-state index in [1.165, 1.54) is 4.90 Å². The molecule has 122 valence electrons. The Kier molecular flexibility index (Phi) is 5.66. The van der Waals surface area contributed by atoms with E-state index in [1.54, 1.807) is 12.1 Å². The van der Waals surface area contributed by atoms with Crippen LogP contribution in [0.1, 0.15) is 20.8 Å². The summed E-state index contributed by atoms with van der Waals surface area (Å²) in [6, 6.07) is 7.55. The van der Waals surface area contributed by atoms with Gasteiger partial charge in [-0.1, -0.05) is 13.8 Å². The van der Waals surface area contributed by atoms with Crippen molar-refractivity contribution < 1.29 is 14.8 Å². The highest BCUT2D eigenvalue weighted by atomic mass is 16.3. The highest BCUT2D eigenvalue weighted by Crippen LogP contribution is 2.17. The zero-order valence-corrected chi connectivity index (χ0v) is 13.8. The van der Waals surface area contributed by atoms with Crippen molar-refractivity contribution in [3.63, 3.8) is 0 Å². The number of hydrogen-bond acceptors (Lipinski definition) is 3. The molecule has 1 aromatic carbocycles. The quantitative estimate of drug-likeness (QED) is 0.731. The molecular weight excluding hydrogens is 278 g/mol. The minimum atomic E-state index is 0.147. The Hall–Kier alpha value is -1.75. The van der Waals surface area contributed by atoms with Crippen LogP contribution in [0.2, 0.25) is 0 Å². The molecule has 1 aromatic rings. The molecule has 1 heterocycles. The van der Waals surface area contributed by atoms with E-state index in [-0.39, 0.29) is 11.9 Å². The second-order valence-electron chi connectivity index (χ2n) is 6.53. The first-order valence-electron chi connectivity index (χ1n) is 8.12. The van der Waals surface area contributed by atoms with Gasteiger partial charge < -0.3 is 20.2 Å². The van der Waals surface area contributed by atoms with Crippen molar-refractivity contribution >= 4 is 11.6 Å². The van der Waals surface area contributed by atoms with Crippen LogP contribution in [0, 0.1) is 5.92 Å². The number of phenolic OH excluding ortho intramolecular Hbond substituents is 1. The minimum Gasteiger partial charge on any atom is -0.508 e. The molecule has 0 aliphatic carbocycles. The molecule has 0 radical (unpaired) electrons. The molecule has 0 saturated carbocycles. The maximum Gasteiger partial charge on any atom is 0.275 e. The number of nitrogens with one attached hydrogen (secondary N) is 2. The summed E-state index contributed by atoms with van der Waals surface area (Å²) >= 11 is 0. The Morgan fingerprint density at radius 1 is 1.23 bits per heavy atom. The summed E-state index contributed by atoms with van der Waals surface area (Å²) in [6.45, 7) is 10.7. The third kappa shape index (κ3) is 4.63. The van der Waals surface area contributed by atoms with E-state index in [0.29, 0.717) is 18.2 Å². The standard InChI is InChI=1S/C17H27N3O2/c1-13(2)14(3)18-17(22)12-19-8-10-20(11-9-19)15-4-6-16(21)7-5-15/h4-7,13-14,21H,8-12H2,1-3H3,(H,18,22)/p+1/t14-/m1/s1. The van der Waals surface area contributed by atoms with Crippen molar-refractivity contribution in [3.05, 3.63) is 24.3 Å². The van der Waals surface area contributed by atoms with Gasteiger partial charge in [-0.3, -0.25) is 4.79 Å². The van der Waals surface area contributed by atoms with E-state index >= 15 is 0 Å². The first-order valence-corrected chi connectivity index (χ1v) is 8.12. The Morgan fingerprint density at radius 2 is 1.82 bits per heavy atom. The lowest BCUT2D eigenvalue weighted by molar-refractivity contribution is -0.892. The van der Waals surface area contributed by atoms with E-state index in [2.05, 4.69) is 31.0 Å². The number of carbonyl (C=O) groups is 1. The molecule has 22 heavy (non-hydrogen) atoms. The molecule has 0 spiro atoms. The number of aromatic hydroxyl groups is 1. The summed E-state index contributed by atoms with van der Waals surface area (Å²) in [4.78, 5) is 15.7. The number of quaternary nitrogens is 1. The summed E-state index contributed by atoms with van der Waals surface area (Å²) in [5, 5.41) is 12.4. The van der Waals surface area contributed by atoms with E-state index in [9.17, 15) is 9.90 Å². The highest BCUT2D eigenvalue weighted by Gasteiger charge is 2.23. The van der Waals surface area contributed by atoms with Crippen LogP contribution < -0.4 is 15.1 Å². The summed E-state index contributed by atoms with van der Waals surface area (Å²) in [6.07, 6.45) is 0. The molecular formula is C17H28N3O2+. The first kappa shape index (κ1) is 16.6. The summed E-state index contributed by atoms with van der Waals surface area (Å²) in [7, 11) is 0. The summed E-state index contributed by atoms with van der Waals surface area (Å²) in [5.74, 6) is 0.906. The topological polar surface area (TPSA) is 57.0 Å². The van der Waals surface area contributed by atoms with E-state index in [0.717, 1.165) is 31.9 Å². The monoisotopic (exact) mass is 306 g/mol. The van der Waals surface area contributed by atoms with Crippen LogP contribution in [-0.2, 0) is 4.79 Å². The molecule has 0 bridgehead atoms. The van der Waals surface area contributed by atoms with E-state index in [4.69, 9.17) is 0 Å². The lowest BCUT2D eigenvalue weighted by Crippen LogP contribution is -3.16. The number of hydrogen-bond donors (Lipinski definition) is 3. The number of amides is 1. The Balaban J connectivity index is 1.77. The van der Waals surface area contributed by atoms with Crippen molar-refractivity contribution in [2.24, 2.45) is 5.92 Å². The molecule has 1 aliphatic heterocycles. The average Bonchev–Trinajstić information content (AvgIpc) is 2.48. The molecule has 3 N–H and O–H groups in total. The molecule has 0 aromatic heterocycles. The van der Waals surface area contributed by atoms with Crippen LogP contribution >= 0.6 is 0 Å². The molecule has 1 amide bonds. The summed E-state index contributed by atoms with van der Waals surface area (Å²) in [5.41, 5.74) is 1.13. The van der Waals surface area contributed by atoms with Gasteiger partial charge in [-0.25, -0.2) is 0 Å². The zero-order valence-electron chi connectivity index (χ0n) is 13.8. The SMILES string of the molecule is CC(C)[C@@H](C)NC(=O)C[NH+]1CCN(c2ccc(O)cc2)CC1. The van der Waals surface area contributed by atoms with Crippen LogP contribution in [-0.4, -0.2) is 49.8 Å². The average molecular weight is 306 g/mol. The van der Waals surface area contributed by atoms with Crippen molar-refractivity contribution in [1.82, 2.24) is 5.32 Å². The van der Waals surface area contributed by atoms with E-state index < -0.39 is 0 Å². The van der Waals surface area contributed by atoms with Gasteiger partial charge in [0, 0.05) is 11.7 Å². The molecule has 5 heteroatoms. The lowest BCUT2D eigenvalue weighted by atomic mass is 10.1. The van der Waals surface area contributed by atoms with Crippen LogP contribution in [0.5, 0.6) is 5.75 Å². The van der Waals surface area contributed by atoms with Crippen molar-refractivity contribution in [1.29, 1.82) is 0 Å². The number of rotatable bonds is 5. The van der Waals surface area contributed by atoms with Gasteiger partial charge in [0.25, 0.3) is 5.91 Å². The predicted molar refractivity (Wildman–Crippen MR) is 88.3 cm³/mol. The van der Waals surface area contributed by atoms with Gasteiger partial charge in [0.2, 0.25) is 0 Å². The third-order valence-corrected chi connectivity index (χ3v) is 4.48. The van der Waals surface area contributed by atoms with Crippen LogP contribution in [0.25, 0.3) is 0 Å². The maximum absolute atomic E-state index is 12.0. The van der Waals surface area contributed by atoms with Crippen LogP contribution in [0.15, 0.2) is 24.3 Å². The van der Waals surface area contributed by atoms with Crippen LogP contribution in [0.3, 0.4) is 0 Å². The van der Waals surface area contributed by atoms with Gasteiger partial charge in [0.15, 0.2) is 6.54 Å². The minimum absolute atomic E-state index is 0.147. The maximum atomic E-state index is 12.0. The molecule has 1 aliphatic rings. The molecule has 2 rings (SSSR count). The fourth-order valence-corrected chi connectivity index (χ4v) is 2.62. The Morgan fingerprint density at radius 3 is 2.36 bits per heavy atom. The number of nitrogens with zero attached hydrogens (tertiary/aromatic N) is 1. The van der Waals surface area contributed by atoms with Gasteiger partial charge in [-0.15, -0.1) is 0 Å². The molecule has 1 atom stereocenters. The number of carbonyl (C=O) groups excluding carboxylic acids is 1. The fraction of sp³-hybridized carbons (Fsp3) is 0.588.